The molecule has 0 bridgehead atoms. The van der Waals surface area contributed by atoms with Crippen LogP contribution >= 0.6 is 11.6 Å². The molecule has 2 aromatic carbocycles. The van der Waals surface area contributed by atoms with E-state index in [2.05, 4.69) is 5.32 Å². The summed E-state index contributed by atoms with van der Waals surface area (Å²) >= 11 is 6.14. The van der Waals surface area contributed by atoms with Crippen LogP contribution in [0.5, 0.6) is 0 Å². The molecule has 28 heavy (non-hydrogen) atoms. The molecule has 2 aliphatic heterocycles. The molecule has 148 valence electrons. The fourth-order valence-corrected chi connectivity index (χ4v) is 4.43. The second-order valence-electron chi connectivity index (χ2n) is 7.62. The molecule has 2 aliphatic rings. The topological polar surface area (TPSA) is 69.7 Å². The molecule has 6 nitrogen and oxygen atoms in total. The first kappa shape index (κ1) is 19.0. The summed E-state index contributed by atoms with van der Waals surface area (Å²) in [7, 11) is 0. The van der Waals surface area contributed by atoms with Crippen LogP contribution in [-0.4, -0.2) is 32.1 Å². The van der Waals surface area contributed by atoms with Crippen LogP contribution in [0.1, 0.15) is 31.2 Å². The van der Waals surface area contributed by atoms with Crippen LogP contribution in [0, 0.1) is 5.92 Å². The van der Waals surface area contributed by atoms with Gasteiger partial charge in [-0.2, -0.15) is 0 Å². The standard InChI is InChI=1S/C21H24ClN3O3/c22-16-6-2-1-5-15(16)13-23-21(28)14-7-11-25(12-8-14)18-17(19(26)20(18)27)24-9-3-4-10-24/h1-2,5-6,14H,3-4,7-13H2,(H,23,28). The van der Waals surface area contributed by atoms with E-state index in [0.29, 0.717) is 48.9 Å². The summed E-state index contributed by atoms with van der Waals surface area (Å²) in [4.78, 5) is 40.8. The molecule has 7 heteroatoms. The fourth-order valence-electron chi connectivity index (χ4n) is 4.23. The Morgan fingerprint density at radius 3 is 2.14 bits per heavy atom. The van der Waals surface area contributed by atoms with Crippen molar-refractivity contribution in [2.75, 3.05) is 36.0 Å². The highest BCUT2D eigenvalue weighted by atomic mass is 35.5. The maximum atomic E-state index is 12.5. The van der Waals surface area contributed by atoms with Crippen molar-refractivity contribution < 1.29 is 4.79 Å². The van der Waals surface area contributed by atoms with Crippen LogP contribution in [0.4, 0.5) is 11.4 Å². The molecule has 2 fully saturated rings. The van der Waals surface area contributed by atoms with Crippen molar-refractivity contribution in [3.63, 3.8) is 0 Å². The van der Waals surface area contributed by atoms with Gasteiger partial charge in [0.15, 0.2) is 0 Å². The fraction of sp³-hybridized carbons (Fsp3) is 0.476. The number of carbonyl (C=O) groups excluding carboxylic acids is 1. The Morgan fingerprint density at radius 2 is 1.54 bits per heavy atom. The first-order chi connectivity index (χ1) is 13.6. The zero-order chi connectivity index (χ0) is 19.7. The minimum atomic E-state index is -0.372. The summed E-state index contributed by atoms with van der Waals surface area (Å²) in [5, 5.41) is 3.61. The molecule has 0 saturated carbocycles. The number of piperidine rings is 1. The molecule has 0 radical (unpaired) electrons. The van der Waals surface area contributed by atoms with Gasteiger partial charge in [-0.3, -0.25) is 14.4 Å². The second-order valence-corrected chi connectivity index (χ2v) is 8.03. The van der Waals surface area contributed by atoms with Gasteiger partial charge in [0.2, 0.25) is 5.91 Å². The van der Waals surface area contributed by atoms with E-state index in [0.717, 1.165) is 31.5 Å². The predicted molar refractivity (Wildman–Crippen MR) is 111 cm³/mol. The minimum Gasteiger partial charge on any atom is -0.366 e. The quantitative estimate of drug-likeness (QED) is 0.777. The predicted octanol–water partition coefficient (Wildman–Crippen LogP) is 2.07. The van der Waals surface area contributed by atoms with Crippen LogP contribution in [0.2, 0.25) is 5.02 Å². The van der Waals surface area contributed by atoms with Crippen molar-refractivity contribution in [3.8, 4) is 0 Å². The molecule has 2 saturated heterocycles. The first-order valence-electron chi connectivity index (χ1n) is 9.90. The monoisotopic (exact) mass is 401 g/mol. The Balaban J connectivity index is 1.34. The van der Waals surface area contributed by atoms with E-state index in [1.807, 2.05) is 34.1 Å². The molecule has 4 rings (SSSR count). The Morgan fingerprint density at radius 1 is 0.964 bits per heavy atom. The second kappa shape index (κ2) is 7.95. The normalized spacial score (nSPS) is 18.0. The van der Waals surface area contributed by atoms with Crippen molar-refractivity contribution in [2.45, 2.75) is 32.2 Å². The molecule has 1 amide bonds. The molecule has 0 unspecified atom stereocenters. The Labute approximate surface area is 168 Å². The molecular weight excluding hydrogens is 378 g/mol. The van der Waals surface area contributed by atoms with Crippen molar-refractivity contribution >= 4 is 28.9 Å². The number of hydrogen-bond donors (Lipinski definition) is 1. The lowest BCUT2D eigenvalue weighted by Gasteiger charge is -2.36. The smallest absolute Gasteiger partial charge is 0.253 e. The van der Waals surface area contributed by atoms with E-state index in [1.54, 1.807) is 0 Å². The molecule has 2 aromatic rings. The molecular formula is C21H24ClN3O3. The maximum Gasteiger partial charge on any atom is 0.253 e. The maximum absolute atomic E-state index is 12.5. The number of hydrogen-bond acceptors (Lipinski definition) is 5. The number of nitrogens with one attached hydrogen (secondary N) is 1. The van der Waals surface area contributed by atoms with Crippen LogP contribution in [0.15, 0.2) is 33.9 Å². The van der Waals surface area contributed by atoms with E-state index >= 15 is 0 Å². The Bertz CT molecular complexity index is 937. The third-order valence-corrected chi connectivity index (χ3v) is 6.24. The van der Waals surface area contributed by atoms with E-state index < -0.39 is 0 Å². The van der Waals surface area contributed by atoms with E-state index in [-0.39, 0.29) is 22.7 Å². The minimum absolute atomic E-state index is 0.0179. The van der Waals surface area contributed by atoms with Crippen molar-refractivity contribution in [1.82, 2.24) is 5.32 Å². The van der Waals surface area contributed by atoms with Gasteiger partial charge in [-0.1, -0.05) is 29.8 Å². The average molecular weight is 402 g/mol. The molecule has 0 aromatic heterocycles. The number of halogens is 1. The average Bonchev–Trinajstić information content (AvgIpc) is 3.24. The van der Waals surface area contributed by atoms with Gasteiger partial charge < -0.3 is 15.1 Å². The van der Waals surface area contributed by atoms with Gasteiger partial charge >= 0.3 is 0 Å². The third kappa shape index (κ3) is 3.53. The van der Waals surface area contributed by atoms with Gasteiger partial charge in [0, 0.05) is 43.7 Å². The highest BCUT2D eigenvalue weighted by Crippen LogP contribution is 2.30. The van der Waals surface area contributed by atoms with Crippen LogP contribution in [0.3, 0.4) is 0 Å². The summed E-state index contributed by atoms with van der Waals surface area (Å²) in [5.74, 6) is -0.0650. The van der Waals surface area contributed by atoms with Crippen LogP contribution in [0.25, 0.3) is 0 Å². The van der Waals surface area contributed by atoms with Crippen molar-refractivity contribution in [3.05, 3.63) is 55.3 Å². The summed E-state index contributed by atoms with van der Waals surface area (Å²) < 4.78 is 0. The third-order valence-electron chi connectivity index (χ3n) is 5.88. The zero-order valence-electron chi connectivity index (χ0n) is 15.7. The molecule has 1 N–H and O–H groups in total. The summed E-state index contributed by atoms with van der Waals surface area (Å²) in [6.45, 7) is 3.35. The van der Waals surface area contributed by atoms with Gasteiger partial charge in [0.1, 0.15) is 11.4 Å². The van der Waals surface area contributed by atoms with E-state index in [1.165, 1.54) is 0 Å². The molecule has 0 atom stereocenters. The first-order valence-corrected chi connectivity index (χ1v) is 10.3. The summed E-state index contributed by atoms with van der Waals surface area (Å²) in [6.07, 6.45) is 3.47. The number of benzene rings is 1. The van der Waals surface area contributed by atoms with Crippen LogP contribution in [-0.2, 0) is 11.3 Å². The van der Waals surface area contributed by atoms with Gasteiger partial charge in [0.05, 0.1) is 0 Å². The Kier molecular flexibility index (Phi) is 5.40. The van der Waals surface area contributed by atoms with Crippen LogP contribution < -0.4 is 26.0 Å². The summed E-state index contributed by atoms with van der Waals surface area (Å²) in [6, 6.07) is 7.47. The van der Waals surface area contributed by atoms with Gasteiger partial charge in [-0.15, -0.1) is 0 Å². The van der Waals surface area contributed by atoms with Crippen molar-refractivity contribution in [1.29, 1.82) is 0 Å². The van der Waals surface area contributed by atoms with Crippen molar-refractivity contribution in [2.24, 2.45) is 5.92 Å². The van der Waals surface area contributed by atoms with Gasteiger partial charge in [-0.25, -0.2) is 0 Å². The van der Waals surface area contributed by atoms with E-state index in [4.69, 9.17) is 11.6 Å². The number of rotatable bonds is 5. The molecule has 2 heterocycles. The SMILES string of the molecule is O=C(NCc1ccccc1Cl)C1CCN(c2c(N3CCCC3)c(=O)c2=O)CC1. The zero-order valence-corrected chi connectivity index (χ0v) is 16.5. The van der Waals surface area contributed by atoms with E-state index in [9.17, 15) is 14.4 Å². The highest BCUT2D eigenvalue weighted by molar-refractivity contribution is 6.31. The molecule has 0 aliphatic carbocycles. The highest BCUT2D eigenvalue weighted by Gasteiger charge is 2.34. The summed E-state index contributed by atoms with van der Waals surface area (Å²) in [5.41, 5.74) is 1.35. The van der Waals surface area contributed by atoms with Gasteiger partial charge in [-0.05, 0) is 37.3 Å². The number of amides is 1. The van der Waals surface area contributed by atoms with Gasteiger partial charge in [0.25, 0.3) is 10.9 Å². The lowest BCUT2D eigenvalue weighted by Crippen LogP contribution is -2.49. The largest absolute Gasteiger partial charge is 0.366 e. The number of carbonyl (C=O) groups is 1. The Hall–Kier alpha value is -2.34. The molecule has 0 spiro atoms. The number of anilines is 2. The lowest BCUT2D eigenvalue weighted by atomic mass is 9.94. The lowest BCUT2D eigenvalue weighted by molar-refractivity contribution is -0.125. The number of nitrogens with zero attached hydrogens (tertiary/aromatic N) is 2.